The van der Waals surface area contributed by atoms with Crippen molar-refractivity contribution in [1.82, 2.24) is 34.6 Å². The van der Waals surface area contributed by atoms with Gasteiger partial charge in [-0.15, -0.1) is 5.10 Å². The molecule has 1 amide bonds. The molecule has 1 unspecified atom stereocenters. The fraction of sp³-hybridized carbons (Fsp3) is 0.400. The van der Waals surface area contributed by atoms with E-state index in [4.69, 9.17) is 4.52 Å². The Morgan fingerprint density at radius 2 is 2.29 bits per heavy atom. The molecule has 0 bridgehead atoms. The molecule has 1 atom stereocenters. The molecule has 24 heavy (non-hydrogen) atoms. The summed E-state index contributed by atoms with van der Waals surface area (Å²) in [7, 11) is 1.87. The van der Waals surface area contributed by atoms with Crippen molar-refractivity contribution in [2.24, 2.45) is 7.05 Å². The summed E-state index contributed by atoms with van der Waals surface area (Å²) in [5.74, 6) is 0.950. The summed E-state index contributed by atoms with van der Waals surface area (Å²) < 4.78 is 8.71. The van der Waals surface area contributed by atoms with Gasteiger partial charge in [-0.1, -0.05) is 10.4 Å². The highest BCUT2D eigenvalue weighted by Crippen LogP contribution is 2.24. The third-order valence-electron chi connectivity index (χ3n) is 4.24. The quantitative estimate of drug-likeness (QED) is 0.714. The largest absolute Gasteiger partial charge is 0.347 e. The molecule has 0 saturated carbocycles. The van der Waals surface area contributed by atoms with Crippen LogP contribution in [0.25, 0.3) is 11.6 Å². The van der Waals surface area contributed by atoms with Crippen LogP contribution in [0.3, 0.4) is 0 Å². The molecular weight excluding hydrogens is 310 g/mol. The fourth-order valence-electron chi connectivity index (χ4n) is 2.94. The minimum atomic E-state index is 0.0397. The molecule has 0 N–H and O–H groups in total. The molecule has 1 aliphatic heterocycles. The summed E-state index contributed by atoms with van der Waals surface area (Å²) in [6.45, 7) is 3.06. The first-order chi connectivity index (χ1) is 11.6. The molecule has 0 aliphatic carbocycles. The molecule has 4 heterocycles. The highest BCUT2D eigenvalue weighted by Gasteiger charge is 2.30. The Hall–Kier alpha value is -2.97. The maximum absolute atomic E-state index is 12.6. The maximum Gasteiger partial charge on any atom is 0.280 e. The van der Waals surface area contributed by atoms with Crippen LogP contribution in [-0.2, 0) is 7.05 Å². The van der Waals surface area contributed by atoms with Crippen LogP contribution in [0, 0.1) is 6.92 Å². The van der Waals surface area contributed by atoms with Crippen molar-refractivity contribution >= 4 is 5.91 Å². The van der Waals surface area contributed by atoms with E-state index in [0.29, 0.717) is 36.2 Å². The van der Waals surface area contributed by atoms with Crippen molar-refractivity contribution in [3.8, 4) is 11.6 Å². The van der Waals surface area contributed by atoms with Crippen molar-refractivity contribution in [3.63, 3.8) is 0 Å². The Balaban J connectivity index is 1.48. The lowest BCUT2D eigenvalue weighted by atomic mass is 10.3. The van der Waals surface area contributed by atoms with E-state index in [-0.39, 0.29) is 11.9 Å². The Labute approximate surface area is 137 Å². The van der Waals surface area contributed by atoms with Crippen LogP contribution in [0.4, 0.5) is 0 Å². The highest BCUT2D eigenvalue weighted by molar-refractivity contribution is 5.92. The van der Waals surface area contributed by atoms with Gasteiger partial charge in [0.05, 0.1) is 12.2 Å². The van der Waals surface area contributed by atoms with E-state index < -0.39 is 0 Å². The maximum atomic E-state index is 12.6. The summed E-state index contributed by atoms with van der Waals surface area (Å²) in [6.07, 6.45) is 4.49. The zero-order valence-electron chi connectivity index (χ0n) is 13.5. The fourth-order valence-corrected chi connectivity index (χ4v) is 2.94. The zero-order chi connectivity index (χ0) is 16.7. The molecule has 3 aromatic heterocycles. The lowest BCUT2D eigenvalue weighted by Crippen LogP contribution is -2.30. The van der Waals surface area contributed by atoms with E-state index in [1.54, 1.807) is 17.8 Å². The number of rotatable bonds is 3. The number of hydrogen-bond acceptors (Lipinski definition) is 6. The molecule has 9 nitrogen and oxygen atoms in total. The van der Waals surface area contributed by atoms with Gasteiger partial charge >= 0.3 is 0 Å². The number of carbonyl (C=O) groups excluding carboxylic acids is 1. The van der Waals surface area contributed by atoms with Crippen LogP contribution in [0.1, 0.15) is 28.8 Å². The first-order valence-electron chi connectivity index (χ1n) is 7.75. The molecule has 0 radical (unpaired) electrons. The lowest BCUT2D eigenvalue weighted by Gasteiger charge is -2.16. The Bertz CT molecular complexity index is 878. The standard InChI is InChI=1S/C15H17N7O2/c1-10-16-14(24-18-10)12-9-22(19-17-12)11-5-7-21(8-11)15(23)13-4-3-6-20(13)2/h3-4,6,9,11H,5,7-8H2,1-2H3. The molecule has 1 saturated heterocycles. The molecule has 1 fully saturated rings. The third-order valence-corrected chi connectivity index (χ3v) is 4.24. The number of aromatic nitrogens is 6. The van der Waals surface area contributed by atoms with Crippen molar-refractivity contribution in [3.05, 3.63) is 36.0 Å². The summed E-state index contributed by atoms with van der Waals surface area (Å²) in [6, 6.07) is 3.80. The molecule has 3 aromatic rings. The van der Waals surface area contributed by atoms with E-state index in [2.05, 4.69) is 20.5 Å². The Morgan fingerprint density at radius 1 is 1.42 bits per heavy atom. The van der Waals surface area contributed by atoms with Gasteiger partial charge in [0.1, 0.15) is 5.69 Å². The normalized spacial score (nSPS) is 17.6. The second kappa shape index (κ2) is 5.59. The van der Waals surface area contributed by atoms with Crippen molar-refractivity contribution in [2.75, 3.05) is 13.1 Å². The van der Waals surface area contributed by atoms with E-state index >= 15 is 0 Å². The first-order valence-corrected chi connectivity index (χ1v) is 7.75. The third kappa shape index (κ3) is 2.47. The molecule has 124 valence electrons. The predicted octanol–water partition coefficient (Wildman–Crippen LogP) is 1.06. The smallest absolute Gasteiger partial charge is 0.280 e. The first kappa shape index (κ1) is 14.6. The van der Waals surface area contributed by atoms with Crippen LogP contribution in [0.2, 0.25) is 0 Å². The van der Waals surface area contributed by atoms with Gasteiger partial charge < -0.3 is 14.0 Å². The Morgan fingerprint density at radius 3 is 3.00 bits per heavy atom. The van der Waals surface area contributed by atoms with Gasteiger partial charge in [0.25, 0.3) is 11.8 Å². The van der Waals surface area contributed by atoms with E-state index in [9.17, 15) is 4.79 Å². The van der Waals surface area contributed by atoms with Gasteiger partial charge in [-0.3, -0.25) is 4.79 Å². The Kier molecular flexibility index (Phi) is 3.40. The SMILES string of the molecule is Cc1noc(-c2cn(C3CCN(C(=O)c4cccn4C)C3)nn2)n1. The number of likely N-dealkylation sites (tertiary alicyclic amines) is 1. The van der Waals surface area contributed by atoms with Gasteiger partial charge in [0.2, 0.25) is 0 Å². The van der Waals surface area contributed by atoms with Crippen LogP contribution in [0.5, 0.6) is 0 Å². The second-order valence-corrected chi connectivity index (χ2v) is 5.93. The summed E-state index contributed by atoms with van der Waals surface area (Å²) in [4.78, 5) is 18.6. The average Bonchev–Trinajstić information content (AvgIpc) is 3.33. The zero-order valence-corrected chi connectivity index (χ0v) is 13.5. The molecule has 0 aromatic carbocycles. The molecular formula is C15H17N7O2. The van der Waals surface area contributed by atoms with Gasteiger partial charge in [0.15, 0.2) is 11.5 Å². The van der Waals surface area contributed by atoms with E-state index in [1.807, 2.05) is 34.8 Å². The average molecular weight is 327 g/mol. The number of hydrogen-bond donors (Lipinski definition) is 0. The highest BCUT2D eigenvalue weighted by atomic mass is 16.5. The minimum absolute atomic E-state index is 0.0397. The number of amides is 1. The van der Waals surface area contributed by atoms with Gasteiger partial charge in [-0.25, -0.2) is 4.68 Å². The van der Waals surface area contributed by atoms with Crippen molar-refractivity contribution in [2.45, 2.75) is 19.4 Å². The van der Waals surface area contributed by atoms with Crippen LogP contribution < -0.4 is 0 Å². The number of aryl methyl sites for hydroxylation is 2. The number of carbonyl (C=O) groups is 1. The van der Waals surface area contributed by atoms with Crippen molar-refractivity contribution < 1.29 is 9.32 Å². The van der Waals surface area contributed by atoms with Crippen LogP contribution in [0.15, 0.2) is 29.0 Å². The number of nitrogens with zero attached hydrogens (tertiary/aromatic N) is 7. The predicted molar refractivity (Wildman–Crippen MR) is 83.0 cm³/mol. The molecule has 0 spiro atoms. The van der Waals surface area contributed by atoms with Gasteiger partial charge in [-0.05, 0) is 25.5 Å². The monoisotopic (exact) mass is 327 g/mol. The molecule has 1 aliphatic rings. The summed E-state index contributed by atoms with van der Waals surface area (Å²) in [5, 5.41) is 12.0. The molecule has 9 heteroatoms. The van der Waals surface area contributed by atoms with Crippen LogP contribution in [-0.4, -0.2) is 53.6 Å². The van der Waals surface area contributed by atoms with Crippen LogP contribution >= 0.6 is 0 Å². The van der Waals surface area contributed by atoms with E-state index in [0.717, 1.165) is 6.42 Å². The minimum Gasteiger partial charge on any atom is -0.347 e. The topological polar surface area (TPSA) is 94.9 Å². The summed E-state index contributed by atoms with van der Waals surface area (Å²) >= 11 is 0. The van der Waals surface area contributed by atoms with Gasteiger partial charge in [0, 0.05) is 26.3 Å². The lowest BCUT2D eigenvalue weighted by molar-refractivity contribution is 0.0777. The van der Waals surface area contributed by atoms with Crippen molar-refractivity contribution in [1.29, 1.82) is 0 Å². The van der Waals surface area contributed by atoms with E-state index in [1.165, 1.54) is 0 Å². The summed E-state index contributed by atoms with van der Waals surface area (Å²) in [5.41, 5.74) is 1.24. The molecule has 4 rings (SSSR count). The van der Waals surface area contributed by atoms with Gasteiger partial charge in [-0.2, -0.15) is 4.98 Å². The second-order valence-electron chi connectivity index (χ2n) is 5.93.